The Balaban J connectivity index is 2.24. The zero-order valence-corrected chi connectivity index (χ0v) is 12.8. The fourth-order valence-corrected chi connectivity index (χ4v) is 2.68. The van der Waals surface area contributed by atoms with Crippen molar-refractivity contribution in [3.05, 3.63) is 68.2 Å². The highest BCUT2D eigenvalue weighted by atomic mass is 79.9. The second kappa shape index (κ2) is 6.05. The maximum absolute atomic E-state index is 11.0. The van der Waals surface area contributed by atoms with Crippen molar-refractivity contribution in [3.8, 4) is 0 Å². The first-order chi connectivity index (χ1) is 9.49. The largest absolute Gasteiger partial charge is 0.378 e. The van der Waals surface area contributed by atoms with Gasteiger partial charge < -0.3 is 5.32 Å². The number of nitrogens with one attached hydrogen (secondary N) is 1. The molecular formula is C15H15BrN2O2. The molecule has 0 saturated heterocycles. The summed E-state index contributed by atoms with van der Waals surface area (Å²) >= 11 is 3.51. The normalized spacial score (nSPS) is 11.9. The molecule has 0 radical (unpaired) electrons. The van der Waals surface area contributed by atoms with Crippen LogP contribution < -0.4 is 5.32 Å². The SMILES string of the molecule is Cc1ccc(NC(C)c2ccccc2Br)cc1[N+](=O)[O-]. The molecule has 4 nitrogen and oxygen atoms in total. The molecule has 0 aliphatic carbocycles. The molecule has 5 heteroatoms. The molecule has 1 unspecified atom stereocenters. The fourth-order valence-electron chi connectivity index (χ4n) is 2.05. The Bertz CT molecular complexity index is 644. The molecule has 0 aliphatic rings. The predicted molar refractivity (Wildman–Crippen MR) is 84.0 cm³/mol. The number of anilines is 1. The van der Waals surface area contributed by atoms with Crippen molar-refractivity contribution >= 4 is 27.3 Å². The molecule has 1 atom stereocenters. The van der Waals surface area contributed by atoms with Gasteiger partial charge in [0, 0.05) is 27.8 Å². The van der Waals surface area contributed by atoms with Gasteiger partial charge in [-0.2, -0.15) is 0 Å². The molecule has 104 valence electrons. The lowest BCUT2D eigenvalue weighted by Crippen LogP contribution is -2.07. The summed E-state index contributed by atoms with van der Waals surface area (Å²) in [5.41, 5.74) is 2.64. The maximum atomic E-state index is 11.0. The Morgan fingerprint density at radius 2 is 1.95 bits per heavy atom. The van der Waals surface area contributed by atoms with Crippen molar-refractivity contribution in [1.82, 2.24) is 0 Å². The molecular weight excluding hydrogens is 320 g/mol. The number of halogens is 1. The van der Waals surface area contributed by atoms with Crippen molar-refractivity contribution in [3.63, 3.8) is 0 Å². The van der Waals surface area contributed by atoms with E-state index in [1.165, 1.54) is 0 Å². The van der Waals surface area contributed by atoms with Crippen LogP contribution in [0.2, 0.25) is 0 Å². The van der Waals surface area contributed by atoms with Gasteiger partial charge in [-0.25, -0.2) is 0 Å². The third-order valence-corrected chi connectivity index (χ3v) is 3.88. The highest BCUT2D eigenvalue weighted by Gasteiger charge is 2.13. The average molecular weight is 335 g/mol. The van der Waals surface area contributed by atoms with Crippen LogP contribution in [0.25, 0.3) is 0 Å². The molecule has 0 saturated carbocycles. The first-order valence-corrected chi connectivity index (χ1v) is 7.04. The average Bonchev–Trinajstić information content (AvgIpc) is 2.41. The first-order valence-electron chi connectivity index (χ1n) is 6.25. The van der Waals surface area contributed by atoms with Crippen molar-refractivity contribution < 1.29 is 4.92 Å². The van der Waals surface area contributed by atoms with Gasteiger partial charge in [-0.05, 0) is 31.5 Å². The Morgan fingerprint density at radius 3 is 2.60 bits per heavy atom. The van der Waals surface area contributed by atoms with E-state index in [9.17, 15) is 10.1 Å². The van der Waals surface area contributed by atoms with Crippen molar-refractivity contribution in [2.24, 2.45) is 0 Å². The fraction of sp³-hybridized carbons (Fsp3) is 0.200. The minimum atomic E-state index is -0.358. The van der Waals surface area contributed by atoms with Crippen molar-refractivity contribution in [2.45, 2.75) is 19.9 Å². The van der Waals surface area contributed by atoms with E-state index in [2.05, 4.69) is 21.2 Å². The Kier molecular flexibility index (Phi) is 4.39. The Hall–Kier alpha value is -1.88. The lowest BCUT2D eigenvalue weighted by atomic mass is 10.1. The monoisotopic (exact) mass is 334 g/mol. The summed E-state index contributed by atoms with van der Waals surface area (Å²) in [6.07, 6.45) is 0. The van der Waals surface area contributed by atoms with E-state index in [0.29, 0.717) is 5.56 Å². The molecule has 20 heavy (non-hydrogen) atoms. The molecule has 0 spiro atoms. The van der Waals surface area contributed by atoms with Crippen LogP contribution in [0.5, 0.6) is 0 Å². The van der Waals surface area contributed by atoms with Crippen LogP contribution in [-0.2, 0) is 0 Å². The molecule has 2 aromatic rings. The number of nitro groups is 1. The van der Waals surface area contributed by atoms with Gasteiger partial charge in [0.15, 0.2) is 0 Å². The molecule has 0 heterocycles. The minimum Gasteiger partial charge on any atom is -0.378 e. The number of hydrogen-bond acceptors (Lipinski definition) is 3. The van der Waals surface area contributed by atoms with E-state index in [1.807, 2.05) is 37.3 Å². The van der Waals surface area contributed by atoms with Gasteiger partial charge in [0.05, 0.1) is 4.92 Å². The number of rotatable bonds is 4. The van der Waals surface area contributed by atoms with Crippen molar-refractivity contribution in [1.29, 1.82) is 0 Å². The third kappa shape index (κ3) is 3.17. The summed E-state index contributed by atoms with van der Waals surface area (Å²) in [6, 6.07) is 13.2. The summed E-state index contributed by atoms with van der Waals surface area (Å²) in [6.45, 7) is 3.75. The van der Waals surface area contributed by atoms with Gasteiger partial charge in [-0.15, -0.1) is 0 Å². The molecule has 0 bridgehead atoms. The molecule has 0 aliphatic heterocycles. The smallest absolute Gasteiger partial charge is 0.274 e. The number of aryl methyl sites for hydroxylation is 1. The van der Waals surface area contributed by atoms with Crippen LogP contribution in [0.3, 0.4) is 0 Å². The van der Waals surface area contributed by atoms with E-state index in [4.69, 9.17) is 0 Å². The number of nitrogens with zero attached hydrogens (tertiary/aromatic N) is 1. The highest BCUT2D eigenvalue weighted by molar-refractivity contribution is 9.10. The highest BCUT2D eigenvalue weighted by Crippen LogP contribution is 2.28. The number of hydrogen-bond donors (Lipinski definition) is 1. The van der Waals surface area contributed by atoms with Gasteiger partial charge in [0.2, 0.25) is 0 Å². The van der Waals surface area contributed by atoms with Crippen LogP contribution in [0, 0.1) is 17.0 Å². The van der Waals surface area contributed by atoms with Gasteiger partial charge in [-0.3, -0.25) is 10.1 Å². The topological polar surface area (TPSA) is 55.2 Å². The maximum Gasteiger partial charge on any atom is 0.274 e. The lowest BCUT2D eigenvalue weighted by molar-refractivity contribution is -0.385. The van der Waals surface area contributed by atoms with Crippen LogP contribution in [-0.4, -0.2) is 4.92 Å². The summed E-state index contributed by atoms with van der Waals surface area (Å²) in [5.74, 6) is 0. The molecule has 0 fully saturated rings. The summed E-state index contributed by atoms with van der Waals surface area (Å²) in [5, 5.41) is 14.2. The molecule has 0 amide bonds. The van der Waals surface area contributed by atoms with Gasteiger partial charge in [-0.1, -0.05) is 40.2 Å². The molecule has 2 aromatic carbocycles. The van der Waals surface area contributed by atoms with Crippen LogP contribution in [0.1, 0.15) is 24.1 Å². The third-order valence-electron chi connectivity index (χ3n) is 3.16. The molecule has 2 rings (SSSR count). The van der Waals surface area contributed by atoms with Crippen molar-refractivity contribution in [2.75, 3.05) is 5.32 Å². The van der Waals surface area contributed by atoms with Gasteiger partial charge >= 0.3 is 0 Å². The van der Waals surface area contributed by atoms with Crippen LogP contribution >= 0.6 is 15.9 Å². The first kappa shape index (κ1) is 14.5. The summed E-state index contributed by atoms with van der Waals surface area (Å²) in [4.78, 5) is 10.6. The van der Waals surface area contributed by atoms with E-state index in [-0.39, 0.29) is 16.7 Å². The molecule has 1 N–H and O–H groups in total. The van der Waals surface area contributed by atoms with Crippen LogP contribution in [0.4, 0.5) is 11.4 Å². The number of nitro benzene ring substituents is 1. The second-order valence-electron chi connectivity index (χ2n) is 4.65. The van der Waals surface area contributed by atoms with E-state index in [1.54, 1.807) is 19.1 Å². The lowest BCUT2D eigenvalue weighted by Gasteiger charge is -2.17. The zero-order valence-electron chi connectivity index (χ0n) is 11.3. The van der Waals surface area contributed by atoms with Crippen LogP contribution in [0.15, 0.2) is 46.9 Å². The Morgan fingerprint density at radius 1 is 1.25 bits per heavy atom. The van der Waals surface area contributed by atoms with E-state index >= 15 is 0 Å². The zero-order chi connectivity index (χ0) is 14.7. The van der Waals surface area contributed by atoms with Gasteiger partial charge in [0.25, 0.3) is 5.69 Å². The standard InChI is InChI=1S/C15H15BrN2O2/c1-10-7-8-12(9-15(10)18(19)20)17-11(2)13-5-3-4-6-14(13)16/h3-9,11,17H,1-2H3. The summed E-state index contributed by atoms with van der Waals surface area (Å²) in [7, 11) is 0. The van der Waals surface area contributed by atoms with Gasteiger partial charge in [0.1, 0.15) is 0 Å². The number of benzene rings is 2. The Labute approximate surface area is 126 Å². The second-order valence-corrected chi connectivity index (χ2v) is 5.50. The molecule has 0 aromatic heterocycles. The summed E-state index contributed by atoms with van der Waals surface area (Å²) < 4.78 is 1.02. The van der Waals surface area contributed by atoms with E-state index in [0.717, 1.165) is 15.7 Å². The minimum absolute atomic E-state index is 0.0490. The predicted octanol–water partition coefficient (Wildman–Crippen LogP) is 4.84. The quantitative estimate of drug-likeness (QED) is 0.642. The van der Waals surface area contributed by atoms with E-state index < -0.39 is 0 Å².